The molecule has 0 atom stereocenters. The SMILES string of the molecule is COc1cc(CCC(=O)NCCN(C)c2ccccc2)cc(OC)c1. The minimum absolute atomic E-state index is 0.0447. The summed E-state index contributed by atoms with van der Waals surface area (Å²) in [5.41, 5.74) is 2.16. The van der Waals surface area contributed by atoms with Gasteiger partial charge in [0.15, 0.2) is 0 Å². The van der Waals surface area contributed by atoms with Crippen LogP contribution in [0, 0.1) is 0 Å². The number of hydrogen-bond acceptors (Lipinski definition) is 4. The molecule has 0 saturated carbocycles. The second kappa shape index (κ2) is 9.57. The highest BCUT2D eigenvalue weighted by Crippen LogP contribution is 2.23. The lowest BCUT2D eigenvalue weighted by Crippen LogP contribution is -2.33. The molecule has 2 rings (SSSR count). The fourth-order valence-corrected chi connectivity index (χ4v) is 2.53. The maximum absolute atomic E-state index is 12.1. The molecule has 25 heavy (non-hydrogen) atoms. The first-order valence-corrected chi connectivity index (χ1v) is 8.37. The Labute approximate surface area is 149 Å². The van der Waals surface area contributed by atoms with E-state index in [4.69, 9.17) is 9.47 Å². The number of methoxy groups -OCH3 is 2. The van der Waals surface area contributed by atoms with Gasteiger partial charge in [0.2, 0.25) is 5.91 Å². The number of ether oxygens (including phenoxy) is 2. The van der Waals surface area contributed by atoms with Crippen LogP contribution in [-0.2, 0) is 11.2 Å². The topological polar surface area (TPSA) is 50.8 Å². The number of likely N-dealkylation sites (N-methyl/N-ethyl adjacent to an activating group) is 1. The van der Waals surface area contributed by atoms with Crippen LogP contribution in [0.2, 0.25) is 0 Å². The largest absolute Gasteiger partial charge is 0.497 e. The van der Waals surface area contributed by atoms with Gasteiger partial charge in [0, 0.05) is 38.3 Å². The predicted octanol–water partition coefficient (Wildman–Crippen LogP) is 2.89. The maximum atomic E-state index is 12.1. The third-order valence-corrected chi connectivity index (χ3v) is 4.02. The van der Waals surface area contributed by atoms with Gasteiger partial charge in [0.25, 0.3) is 0 Å². The van der Waals surface area contributed by atoms with Crippen LogP contribution in [0.3, 0.4) is 0 Å². The highest BCUT2D eigenvalue weighted by Gasteiger charge is 2.06. The van der Waals surface area contributed by atoms with E-state index in [0.29, 0.717) is 19.4 Å². The molecule has 0 aliphatic carbocycles. The van der Waals surface area contributed by atoms with Crippen molar-refractivity contribution in [2.75, 3.05) is 39.3 Å². The van der Waals surface area contributed by atoms with Crippen molar-refractivity contribution >= 4 is 11.6 Å². The summed E-state index contributed by atoms with van der Waals surface area (Å²) in [7, 11) is 5.26. The first-order valence-electron chi connectivity index (χ1n) is 8.37. The molecule has 1 N–H and O–H groups in total. The van der Waals surface area contributed by atoms with Crippen molar-refractivity contribution in [2.45, 2.75) is 12.8 Å². The van der Waals surface area contributed by atoms with Crippen LogP contribution in [0.25, 0.3) is 0 Å². The summed E-state index contributed by atoms with van der Waals surface area (Å²) in [6.45, 7) is 1.38. The zero-order valence-corrected chi connectivity index (χ0v) is 15.1. The van der Waals surface area contributed by atoms with Crippen LogP contribution in [0.5, 0.6) is 11.5 Å². The van der Waals surface area contributed by atoms with Crippen molar-refractivity contribution in [3.63, 3.8) is 0 Å². The van der Waals surface area contributed by atoms with E-state index >= 15 is 0 Å². The van der Waals surface area contributed by atoms with Crippen molar-refractivity contribution in [3.05, 3.63) is 54.1 Å². The zero-order chi connectivity index (χ0) is 18.1. The van der Waals surface area contributed by atoms with Crippen LogP contribution in [0.15, 0.2) is 48.5 Å². The van der Waals surface area contributed by atoms with Gasteiger partial charge in [-0.2, -0.15) is 0 Å². The number of hydrogen-bond donors (Lipinski definition) is 1. The van der Waals surface area contributed by atoms with Gasteiger partial charge in [-0.25, -0.2) is 0 Å². The number of aryl methyl sites for hydroxylation is 1. The fraction of sp³-hybridized carbons (Fsp3) is 0.350. The standard InChI is InChI=1S/C20H26N2O3/c1-22(17-7-5-4-6-8-17)12-11-21-20(23)10-9-16-13-18(24-2)15-19(14-16)25-3/h4-8,13-15H,9-12H2,1-3H3,(H,21,23). The molecule has 5 heteroatoms. The molecular weight excluding hydrogens is 316 g/mol. The van der Waals surface area contributed by atoms with E-state index in [1.54, 1.807) is 14.2 Å². The lowest BCUT2D eigenvalue weighted by atomic mass is 10.1. The highest BCUT2D eigenvalue weighted by atomic mass is 16.5. The Kier molecular flexibility index (Phi) is 7.14. The van der Waals surface area contributed by atoms with Crippen LogP contribution in [0.1, 0.15) is 12.0 Å². The number of amides is 1. The summed E-state index contributed by atoms with van der Waals surface area (Å²) >= 11 is 0. The predicted molar refractivity (Wildman–Crippen MR) is 101 cm³/mol. The first-order chi connectivity index (χ1) is 12.1. The van der Waals surface area contributed by atoms with Crippen molar-refractivity contribution in [1.29, 1.82) is 0 Å². The number of nitrogens with one attached hydrogen (secondary N) is 1. The van der Waals surface area contributed by atoms with E-state index in [1.165, 1.54) is 0 Å². The molecule has 0 aromatic heterocycles. The number of benzene rings is 2. The van der Waals surface area contributed by atoms with E-state index in [0.717, 1.165) is 29.3 Å². The summed E-state index contributed by atoms with van der Waals surface area (Å²) < 4.78 is 10.5. The monoisotopic (exact) mass is 342 g/mol. The molecule has 5 nitrogen and oxygen atoms in total. The van der Waals surface area contributed by atoms with E-state index in [9.17, 15) is 4.79 Å². The van der Waals surface area contributed by atoms with Crippen molar-refractivity contribution in [3.8, 4) is 11.5 Å². The first kappa shape index (κ1) is 18.6. The molecule has 1 amide bonds. The van der Waals surface area contributed by atoms with Gasteiger partial charge in [-0.05, 0) is 36.2 Å². The number of rotatable bonds is 9. The smallest absolute Gasteiger partial charge is 0.220 e. The van der Waals surface area contributed by atoms with Gasteiger partial charge in [-0.15, -0.1) is 0 Å². The Morgan fingerprint density at radius 1 is 1.04 bits per heavy atom. The molecule has 0 heterocycles. The second-order valence-corrected chi connectivity index (χ2v) is 5.83. The van der Waals surface area contributed by atoms with Crippen molar-refractivity contribution < 1.29 is 14.3 Å². The third kappa shape index (κ3) is 6.03. The van der Waals surface area contributed by atoms with Crippen molar-refractivity contribution in [2.24, 2.45) is 0 Å². The zero-order valence-electron chi connectivity index (χ0n) is 15.1. The van der Waals surface area contributed by atoms with Crippen LogP contribution < -0.4 is 19.7 Å². The van der Waals surface area contributed by atoms with Gasteiger partial charge in [0.1, 0.15) is 11.5 Å². The van der Waals surface area contributed by atoms with Gasteiger partial charge in [-0.1, -0.05) is 18.2 Å². The normalized spacial score (nSPS) is 10.2. The Hall–Kier alpha value is -2.69. The third-order valence-electron chi connectivity index (χ3n) is 4.02. The Morgan fingerprint density at radius 3 is 2.28 bits per heavy atom. The van der Waals surface area contributed by atoms with E-state index in [-0.39, 0.29) is 5.91 Å². The molecule has 0 aliphatic rings. The molecule has 0 aliphatic heterocycles. The summed E-state index contributed by atoms with van der Waals surface area (Å²) in [4.78, 5) is 14.2. The quantitative estimate of drug-likeness (QED) is 0.761. The number of nitrogens with zero attached hydrogens (tertiary/aromatic N) is 1. The number of para-hydroxylation sites is 1. The van der Waals surface area contributed by atoms with E-state index < -0.39 is 0 Å². The molecule has 0 radical (unpaired) electrons. The molecule has 0 spiro atoms. The Balaban J connectivity index is 1.75. The number of anilines is 1. The highest BCUT2D eigenvalue weighted by molar-refractivity contribution is 5.76. The molecule has 2 aromatic carbocycles. The Bertz CT molecular complexity index is 652. The minimum atomic E-state index is 0.0447. The fourth-order valence-electron chi connectivity index (χ4n) is 2.53. The Morgan fingerprint density at radius 2 is 1.68 bits per heavy atom. The summed E-state index contributed by atoms with van der Waals surface area (Å²) in [5.74, 6) is 1.52. The van der Waals surface area contributed by atoms with Crippen LogP contribution >= 0.6 is 0 Å². The second-order valence-electron chi connectivity index (χ2n) is 5.83. The van der Waals surface area contributed by atoms with E-state index in [2.05, 4.69) is 22.3 Å². The molecule has 0 bridgehead atoms. The van der Waals surface area contributed by atoms with Gasteiger partial charge >= 0.3 is 0 Å². The van der Waals surface area contributed by atoms with Crippen LogP contribution in [0.4, 0.5) is 5.69 Å². The molecule has 2 aromatic rings. The van der Waals surface area contributed by atoms with Gasteiger partial charge in [0.05, 0.1) is 14.2 Å². The summed E-state index contributed by atoms with van der Waals surface area (Å²) in [6, 6.07) is 15.8. The average molecular weight is 342 g/mol. The molecule has 134 valence electrons. The average Bonchev–Trinajstić information content (AvgIpc) is 2.66. The van der Waals surface area contributed by atoms with Crippen LogP contribution in [-0.4, -0.2) is 40.3 Å². The van der Waals surface area contributed by atoms with Gasteiger partial charge < -0.3 is 19.7 Å². The summed E-state index contributed by atoms with van der Waals surface area (Å²) in [5, 5.41) is 2.97. The molecule has 0 saturated heterocycles. The van der Waals surface area contributed by atoms with Gasteiger partial charge in [-0.3, -0.25) is 4.79 Å². The number of carbonyl (C=O) groups is 1. The molecular formula is C20H26N2O3. The summed E-state index contributed by atoms with van der Waals surface area (Å²) in [6.07, 6.45) is 1.08. The lowest BCUT2D eigenvalue weighted by molar-refractivity contribution is -0.120. The lowest BCUT2D eigenvalue weighted by Gasteiger charge is -2.19. The van der Waals surface area contributed by atoms with Crippen molar-refractivity contribution in [1.82, 2.24) is 5.32 Å². The number of carbonyl (C=O) groups excluding carboxylic acids is 1. The van der Waals surface area contributed by atoms with E-state index in [1.807, 2.05) is 43.4 Å². The maximum Gasteiger partial charge on any atom is 0.220 e. The molecule has 0 fully saturated rings. The molecule has 0 unspecified atom stereocenters. The minimum Gasteiger partial charge on any atom is -0.497 e.